The van der Waals surface area contributed by atoms with Gasteiger partial charge in [-0.2, -0.15) is 0 Å². The molecule has 0 spiro atoms. The number of allylic oxidation sites excluding steroid dienone is 3. The van der Waals surface area contributed by atoms with E-state index < -0.39 is 0 Å². The molecule has 0 unspecified atom stereocenters. The summed E-state index contributed by atoms with van der Waals surface area (Å²) < 4.78 is 0. The molecule has 0 aromatic heterocycles. The van der Waals surface area contributed by atoms with Crippen LogP contribution < -0.4 is 12.4 Å². The molecule has 0 nitrogen and oxygen atoms in total. The molecule has 0 amide bonds. The van der Waals surface area contributed by atoms with Crippen LogP contribution in [0.25, 0.3) is 0 Å². The number of rotatable bonds is 4. The number of hydrogen-bond acceptors (Lipinski definition) is 0. The molecule has 0 saturated carbocycles. The van der Waals surface area contributed by atoms with Crippen LogP contribution in [0.4, 0.5) is 0 Å². The molecule has 0 heterocycles. The molecule has 0 aromatic carbocycles. The molecular formula is C8H14ClRh+. The summed E-state index contributed by atoms with van der Waals surface area (Å²) in [5, 5.41) is 0. The Morgan fingerprint density at radius 3 is 2.20 bits per heavy atom. The maximum Gasteiger partial charge on any atom is 2.00 e. The first-order valence-electron chi connectivity index (χ1n) is 3.17. The van der Waals surface area contributed by atoms with Gasteiger partial charge in [-0.05, 0) is 19.3 Å². The van der Waals surface area contributed by atoms with E-state index in [1.54, 1.807) is 0 Å². The molecule has 0 aliphatic heterocycles. The molecule has 10 heavy (non-hydrogen) atoms. The topological polar surface area (TPSA) is 0 Å². The minimum Gasteiger partial charge on any atom is -1.00 e. The minimum absolute atomic E-state index is 0. The van der Waals surface area contributed by atoms with E-state index in [4.69, 9.17) is 0 Å². The predicted molar refractivity (Wildman–Crippen MR) is 38.9 cm³/mol. The third-order valence-electron chi connectivity index (χ3n) is 0.940. The zero-order valence-electron chi connectivity index (χ0n) is 6.27. The number of unbranched alkanes of at least 4 members (excludes halogenated alkanes) is 1. The van der Waals surface area contributed by atoms with Crippen molar-refractivity contribution in [3.8, 4) is 0 Å². The SMILES string of the molecule is C=CCC/C=C/CC.[Cl-].[Rh+2]. The van der Waals surface area contributed by atoms with E-state index in [9.17, 15) is 0 Å². The van der Waals surface area contributed by atoms with Gasteiger partial charge in [-0.15, -0.1) is 6.58 Å². The van der Waals surface area contributed by atoms with Gasteiger partial charge in [0.2, 0.25) is 0 Å². The van der Waals surface area contributed by atoms with Crippen LogP contribution in [0, 0.1) is 0 Å². The van der Waals surface area contributed by atoms with E-state index in [0.29, 0.717) is 0 Å². The quantitative estimate of drug-likeness (QED) is 0.371. The van der Waals surface area contributed by atoms with Crippen molar-refractivity contribution in [2.45, 2.75) is 26.2 Å². The van der Waals surface area contributed by atoms with Crippen LogP contribution in [0.5, 0.6) is 0 Å². The molecule has 0 rings (SSSR count). The van der Waals surface area contributed by atoms with Gasteiger partial charge in [0.25, 0.3) is 0 Å². The van der Waals surface area contributed by atoms with Crippen LogP contribution in [0.3, 0.4) is 0 Å². The summed E-state index contributed by atoms with van der Waals surface area (Å²) in [4.78, 5) is 0. The average molecular weight is 249 g/mol. The van der Waals surface area contributed by atoms with E-state index >= 15 is 0 Å². The molecule has 0 fully saturated rings. The van der Waals surface area contributed by atoms with E-state index in [1.807, 2.05) is 6.08 Å². The maximum absolute atomic E-state index is 3.62. The molecule has 0 bridgehead atoms. The molecule has 0 saturated heterocycles. The maximum atomic E-state index is 3.62. The average Bonchev–Trinajstić information content (AvgIpc) is 1.81. The molecule has 2 heteroatoms. The van der Waals surface area contributed by atoms with Gasteiger partial charge < -0.3 is 12.4 Å². The number of hydrogen-bond donors (Lipinski definition) is 0. The van der Waals surface area contributed by atoms with Crippen molar-refractivity contribution in [3.05, 3.63) is 24.8 Å². The van der Waals surface area contributed by atoms with E-state index in [1.165, 1.54) is 0 Å². The standard InChI is InChI=1S/C8H14.ClH.Rh/c1-3-5-7-8-6-4-2;;/h3,6,8H,1,4-5,7H2,2H3;1H;/q;;+2/p-1/b8-6+;;. The Labute approximate surface area is 83.0 Å². The van der Waals surface area contributed by atoms with Gasteiger partial charge in [0.1, 0.15) is 0 Å². The molecule has 0 atom stereocenters. The van der Waals surface area contributed by atoms with Crippen molar-refractivity contribution in [2.75, 3.05) is 0 Å². The Kier molecular flexibility index (Phi) is 27.2. The Morgan fingerprint density at radius 2 is 1.80 bits per heavy atom. The van der Waals surface area contributed by atoms with Crippen LogP contribution in [-0.4, -0.2) is 0 Å². The third kappa shape index (κ3) is 15.8. The largest absolute Gasteiger partial charge is 2.00 e. The zero-order chi connectivity index (χ0) is 6.24. The molecule has 0 N–H and O–H groups in total. The second kappa shape index (κ2) is 16.2. The van der Waals surface area contributed by atoms with E-state index in [2.05, 4.69) is 25.7 Å². The summed E-state index contributed by atoms with van der Waals surface area (Å²) in [5.74, 6) is 0. The Morgan fingerprint density at radius 1 is 1.20 bits per heavy atom. The smallest absolute Gasteiger partial charge is 1.00 e. The molecule has 0 aliphatic rings. The molecule has 0 aromatic rings. The van der Waals surface area contributed by atoms with Gasteiger partial charge in [-0.25, -0.2) is 0 Å². The van der Waals surface area contributed by atoms with Crippen molar-refractivity contribution in [1.29, 1.82) is 0 Å². The van der Waals surface area contributed by atoms with Crippen molar-refractivity contribution < 1.29 is 31.9 Å². The fourth-order valence-electron chi connectivity index (χ4n) is 0.499. The van der Waals surface area contributed by atoms with E-state index in [-0.39, 0.29) is 31.9 Å². The van der Waals surface area contributed by atoms with Crippen LogP contribution in [0.2, 0.25) is 0 Å². The van der Waals surface area contributed by atoms with Gasteiger partial charge in [-0.3, -0.25) is 0 Å². The van der Waals surface area contributed by atoms with Crippen LogP contribution in [-0.2, 0) is 19.5 Å². The van der Waals surface area contributed by atoms with Crippen molar-refractivity contribution in [2.24, 2.45) is 0 Å². The van der Waals surface area contributed by atoms with Crippen molar-refractivity contribution >= 4 is 0 Å². The Bertz CT molecular complexity index is 79.3. The minimum atomic E-state index is 0. The van der Waals surface area contributed by atoms with Gasteiger partial charge in [-0.1, -0.05) is 25.2 Å². The summed E-state index contributed by atoms with van der Waals surface area (Å²) in [7, 11) is 0. The van der Waals surface area contributed by atoms with Crippen LogP contribution in [0.1, 0.15) is 26.2 Å². The molecule has 61 valence electrons. The Balaban J connectivity index is -0.000000245. The monoisotopic (exact) mass is 248 g/mol. The van der Waals surface area contributed by atoms with Gasteiger partial charge >= 0.3 is 19.5 Å². The van der Waals surface area contributed by atoms with Gasteiger partial charge in [0, 0.05) is 0 Å². The fourth-order valence-corrected chi connectivity index (χ4v) is 0.499. The first-order valence-corrected chi connectivity index (χ1v) is 3.17. The Hall–Kier alpha value is 0.393. The summed E-state index contributed by atoms with van der Waals surface area (Å²) in [6, 6.07) is 0. The zero-order valence-corrected chi connectivity index (χ0v) is 8.67. The summed E-state index contributed by atoms with van der Waals surface area (Å²) in [5.41, 5.74) is 0. The van der Waals surface area contributed by atoms with Crippen molar-refractivity contribution in [1.82, 2.24) is 0 Å². The predicted octanol–water partition coefficient (Wildman–Crippen LogP) is -0.0797. The number of halogens is 1. The summed E-state index contributed by atoms with van der Waals surface area (Å²) in [6.07, 6.45) is 9.73. The van der Waals surface area contributed by atoms with Crippen LogP contribution in [0.15, 0.2) is 24.8 Å². The fraction of sp³-hybridized carbons (Fsp3) is 0.500. The second-order valence-corrected chi connectivity index (χ2v) is 1.75. The van der Waals surface area contributed by atoms with E-state index in [0.717, 1.165) is 19.3 Å². The van der Waals surface area contributed by atoms with Crippen molar-refractivity contribution in [3.63, 3.8) is 0 Å². The normalized spacial score (nSPS) is 8.10. The summed E-state index contributed by atoms with van der Waals surface area (Å²) in [6.45, 7) is 5.77. The first kappa shape index (κ1) is 16.8. The molecule has 1 radical (unpaired) electrons. The van der Waals surface area contributed by atoms with Crippen LogP contribution >= 0.6 is 0 Å². The summed E-state index contributed by atoms with van der Waals surface area (Å²) >= 11 is 0. The van der Waals surface area contributed by atoms with Gasteiger partial charge in [0.15, 0.2) is 0 Å². The molecular weight excluding hydrogens is 234 g/mol. The molecule has 0 aliphatic carbocycles. The second-order valence-electron chi connectivity index (χ2n) is 1.75. The van der Waals surface area contributed by atoms with Gasteiger partial charge in [0.05, 0.1) is 0 Å². The first-order chi connectivity index (χ1) is 3.91. The third-order valence-corrected chi connectivity index (χ3v) is 0.940.